The van der Waals surface area contributed by atoms with E-state index in [4.69, 9.17) is 6.42 Å². The zero-order valence-electron chi connectivity index (χ0n) is 9.24. The molecule has 0 spiro atoms. The van der Waals surface area contributed by atoms with Crippen LogP contribution < -0.4 is 0 Å². The van der Waals surface area contributed by atoms with Crippen LogP contribution in [-0.4, -0.2) is 23.9 Å². The molecule has 0 aromatic heterocycles. The van der Waals surface area contributed by atoms with Crippen molar-refractivity contribution in [3.05, 3.63) is 34.3 Å². The fourth-order valence-corrected chi connectivity index (χ4v) is 1.87. The van der Waals surface area contributed by atoms with E-state index < -0.39 is 0 Å². The molecule has 0 saturated heterocycles. The number of benzene rings is 1. The summed E-state index contributed by atoms with van der Waals surface area (Å²) in [6, 6.07) is 7.74. The van der Waals surface area contributed by atoms with E-state index >= 15 is 0 Å². The van der Waals surface area contributed by atoms with E-state index in [0.717, 1.165) is 10.0 Å². The molecule has 84 valence electrons. The maximum absolute atomic E-state index is 11.9. The number of nitrogens with zero attached hydrogens (tertiary/aromatic N) is 1. The second-order valence-corrected chi connectivity index (χ2v) is 4.33. The van der Waals surface area contributed by atoms with Crippen molar-refractivity contribution in [1.82, 2.24) is 4.90 Å². The van der Waals surface area contributed by atoms with Crippen molar-refractivity contribution in [1.29, 1.82) is 0 Å². The molecule has 2 nitrogen and oxygen atoms in total. The Labute approximate surface area is 105 Å². The molecule has 0 radical (unpaired) electrons. The number of carbonyl (C=O) groups excluding carboxylic acids is 1. The van der Waals surface area contributed by atoms with Crippen LogP contribution in [0, 0.1) is 12.3 Å². The molecule has 0 unspecified atom stereocenters. The van der Waals surface area contributed by atoms with Gasteiger partial charge in [0.2, 0.25) is 5.91 Å². The lowest BCUT2D eigenvalue weighted by Crippen LogP contribution is -2.32. The SMILES string of the molecule is C#CCN(CC)C(=O)Cc1cccc(Br)c1. The highest BCUT2D eigenvalue weighted by atomic mass is 79.9. The normalized spacial score (nSPS) is 9.56. The van der Waals surface area contributed by atoms with Gasteiger partial charge in [0.15, 0.2) is 0 Å². The number of likely N-dealkylation sites (N-methyl/N-ethyl adjacent to an activating group) is 1. The van der Waals surface area contributed by atoms with Gasteiger partial charge < -0.3 is 4.90 Å². The molecule has 0 saturated carbocycles. The van der Waals surface area contributed by atoms with Gasteiger partial charge in [-0.2, -0.15) is 0 Å². The highest BCUT2D eigenvalue weighted by molar-refractivity contribution is 9.10. The number of carbonyl (C=O) groups is 1. The molecule has 1 aromatic carbocycles. The van der Waals surface area contributed by atoms with Gasteiger partial charge in [0, 0.05) is 11.0 Å². The summed E-state index contributed by atoms with van der Waals surface area (Å²) in [6.07, 6.45) is 5.61. The summed E-state index contributed by atoms with van der Waals surface area (Å²) in [5, 5.41) is 0. The summed E-state index contributed by atoms with van der Waals surface area (Å²) < 4.78 is 0.984. The van der Waals surface area contributed by atoms with E-state index in [0.29, 0.717) is 19.5 Å². The lowest BCUT2D eigenvalue weighted by Gasteiger charge is -2.17. The summed E-state index contributed by atoms with van der Waals surface area (Å²) in [6.45, 7) is 2.95. The fourth-order valence-electron chi connectivity index (χ4n) is 1.42. The number of terminal acetylenes is 1. The van der Waals surface area contributed by atoms with Crippen molar-refractivity contribution < 1.29 is 4.79 Å². The van der Waals surface area contributed by atoms with Crippen molar-refractivity contribution >= 4 is 21.8 Å². The number of rotatable bonds is 4. The van der Waals surface area contributed by atoms with Crippen LogP contribution in [0.3, 0.4) is 0 Å². The first-order valence-corrected chi connectivity index (χ1v) is 5.92. The molecule has 0 heterocycles. The van der Waals surface area contributed by atoms with E-state index in [1.807, 2.05) is 31.2 Å². The highest BCUT2D eigenvalue weighted by Gasteiger charge is 2.10. The van der Waals surface area contributed by atoms with E-state index in [-0.39, 0.29) is 5.91 Å². The zero-order chi connectivity index (χ0) is 12.0. The van der Waals surface area contributed by atoms with Gasteiger partial charge in [-0.3, -0.25) is 4.79 Å². The van der Waals surface area contributed by atoms with Gasteiger partial charge in [0.1, 0.15) is 0 Å². The molecule has 0 aliphatic rings. The van der Waals surface area contributed by atoms with Gasteiger partial charge >= 0.3 is 0 Å². The van der Waals surface area contributed by atoms with E-state index in [1.165, 1.54) is 0 Å². The molecule has 1 amide bonds. The summed E-state index contributed by atoms with van der Waals surface area (Å²) in [5.41, 5.74) is 0.995. The summed E-state index contributed by atoms with van der Waals surface area (Å²) in [5.74, 6) is 2.56. The molecule has 1 rings (SSSR count). The molecule has 3 heteroatoms. The van der Waals surface area contributed by atoms with Crippen molar-refractivity contribution in [3.63, 3.8) is 0 Å². The van der Waals surface area contributed by atoms with Gasteiger partial charge in [-0.25, -0.2) is 0 Å². The average molecular weight is 280 g/mol. The molecular formula is C13H14BrNO. The molecule has 0 aliphatic carbocycles. The van der Waals surface area contributed by atoms with Gasteiger partial charge in [-0.05, 0) is 24.6 Å². The number of halogens is 1. The Morgan fingerprint density at radius 3 is 2.88 bits per heavy atom. The molecule has 0 N–H and O–H groups in total. The smallest absolute Gasteiger partial charge is 0.227 e. The third-order valence-corrected chi connectivity index (χ3v) is 2.75. The van der Waals surface area contributed by atoms with E-state index in [2.05, 4.69) is 21.9 Å². The van der Waals surface area contributed by atoms with Crippen molar-refractivity contribution in [2.75, 3.05) is 13.1 Å². The van der Waals surface area contributed by atoms with Crippen molar-refractivity contribution in [3.8, 4) is 12.3 Å². The number of hydrogen-bond acceptors (Lipinski definition) is 1. The van der Waals surface area contributed by atoms with Gasteiger partial charge in [0.25, 0.3) is 0 Å². The van der Waals surface area contributed by atoms with Crippen LogP contribution in [0.25, 0.3) is 0 Å². The van der Waals surface area contributed by atoms with Gasteiger partial charge in [-0.1, -0.05) is 34.0 Å². The molecule has 0 bridgehead atoms. The Kier molecular flexibility index (Phi) is 5.07. The minimum atomic E-state index is 0.0681. The van der Waals surface area contributed by atoms with Crippen LogP contribution in [0.5, 0.6) is 0 Å². The lowest BCUT2D eigenvalue weighted by molar-refractivity contribution is -0.129. The second-order valence-electron chi connectivity index (χ2n) is 3.42. The third kappa shape index (κ3) is 3.71. The maximum atomic E-state index is 11.9. The molecular weight excluding hydrogens is 266 g/mol. The number of amides is 1. The van der Waals surface area contributed by atoms with Crippen LogP contribution in [0.2, 0.25) is 0 Å². The predicted octanol–water partition coefficient (Wildman–Crippen LogP) is 2.47. The van der Waals surface area contributed by atoms with Crippen LogP contribution in [0.4, 0.5) is 0 Å². The Morgan fingerprint density at radius 1 is 1.56 bits per heavy atom. The van der Waals surface area contributed by atoms with Crippen LogP contribution >= 0.6 is 15.9 Å². The summed E-state index contributed by atoms with van der Waals surface area (Å²) in [7, 11) is 0. The van der Waals surface area contributed by atoms with Crippen LogP contribution in [0.15, 0.2) is 28.7 Å². The number of hydrogen-bond donors (Lipinski definition) is 0. The topological polar surface area (TPSA) is 20.3 Å². The summed E-state index contributed by atoms with van der Waals surface area (Å²) in [4.78, 5) is 13.5. The highest BCUT2D eigenvalue weighted by Crippen LogP contribution is 2.12. The second kappa shape index (κ2) is 6.34. The van der Waals surface area contributed by atoms with Crippen LogP contribution in [-0.2, 0) is 11.2 Å². The lowest BCUT2D eigenvalue weighted by atomic mass is 10.1. The van der Waals surface area contributed by atoms with Crippen LogP contribution in [0.1, 0.15) is 12.5 Å². The maximum Gasteiger partial charge on any atom is 0.227 e. The Balaban J connectivity index is 2.67. The van der Waals surface area contributed by atoms with E-state index in [9.17, 15) is 4.79 Å². The molecule has 1 aromatic rings. The summed E-state index contributed by atoms with van der Waals surface area (Å²) >= 11 is 3.38. The first-order chi connectivity index (χ1) is 7.67. The van der Waals surface area contributed by atoms with Crippen molar-refractivity contribution in [2.24, 2.45) is 0 Å². The van der Waals surface area contributed by atoms with Crippen molar-refractivity contribution in [2.45, 2.75) is 13.3 Å². The first kappa shape index (κ1) is 12.8. The standard InChI is InChI=1S/C13H14BrNO/c1-3-8-15(4-2)13(16)10-11-6-5-7-12(14)9-11/h1,5-7,9H,4,8,10H2,2H3. The first-order valence-electron chi connectivity index (χ1n) is 5.13. The Morgan fingerprint density at radius 2 is 2.31 bits per heavy atom. The largest absolute Gasteiger partial charge is 0.332 e. The quantitative estimate of drug-likeness (QED) is 0.776. The molecule has 0 fully saturated rings. The minimum absolute atomic E-state index is 0.0681. The Bertz CT molecular complexity index is 409. The molecule has 0 aliphatic heterocycles. The monoisotopic (exact) mass is 279 g/mol. The molecule has 0 atom stereocenters. The fraction of sp³-hybridized carbons (Fsp3) is 0.308. The van der Waals surface area contributed by atoms with Gasteiger partial charge in [-0.15, -0.1) is 6.42 Å². The minimum Gasteiger partial charge on any atom is -0.332 e. The zero-order valence-corrected chi connectivity index (χ0v) is 10.8. The predicted molar refractivity (Wildman–Crippen MR) is 68.9 cm³/mol. The Hall–Kier alpha value is -1.27. The third-order valence-electron chi connectivity index (χ3n) is 2.26. The average Bonchev–Trinajstić information content (AvgIpc) is 2.25. The van der Waals surface area contributed by atoms with Gasteiger partial charge in [0.05, 0.1) is 13.0 Å². The molecule has 16 heavy (non-hydrogen) atoms. The van der Waals surface area contributed by atoms with E-state index in [1.54, 1.807) is 4.90 Å².